The molecule has 4 amide bonds. The maximum atomic E-state index is 12.4. The normalized spacial score (nSPS) is 17.8. The van der Waals surface area contributed by atoms with E-state index in [2.05, 4.69) is 10.6 Å². The molecule has 0 spiro atoms. The van der Waals surface area contributed by atoms with E-state index in [1.807, 2.05) is 30.3 Å². The van der Waals surface area contributed by atoms with Gasteiger partial charge < -0.3 is 20.4 Å². The Morgan fingerprint density at radius 2 is 1.68 bits per heavy atom. The molecule has 2 aliphatic rings. The number of piperidine rings is 1. The lowest BCUT2D eigenvalue weighted by molar-refractivity contribution is -0.130. The summed E-state index contributed by atoms with van der Waals surface area (Å²) in [5, 5.41) is 6.05. The van der Waals surface area contributed by atoms with Crippen molar-refractivity contribution in [3.05, 3.63) is 35.9 Å². The van der Waals surface area contributed by atoms with E-state index in [0.29, 0.717) is 26.2 Å². The van der Waals surface area contributed by atoms with Crippen LogP contribution in [0.5, 0.6) is 0 Å². The van der Waals surface area contributed by atoms with Gasteiger partial charge in [-0.05, 0) is 31.2 Å². The van der Waals surface area contributed by atoms with Gasteiger partial charge in [0.2, 0.25) is 11.8 Å². The second kappa shape index (κ2) is 11.7. The van der Waals surface area contributed by atoms with E-state index < -0.39 is 0 Å². The smallest absolute Gasteiger partial charge is 0.317 e. The second-order valence-electron chi connectivity index (χ2n) is 8.82. The van der Waals surface area contributed by atoms with Crippen LogP contribution >= 0.6 is 0 Å². The zero-order valence-corrected chi connectivity index (χ0v) is 18.6. The van der Waals surface area contributed by atoms with Crippen LogP contribution in [0.2, 0.25) is 0 Å². The number of nitrogens with one attached hydrogen (secondary N) is 2. The van der Waals surface area contributed by atoms with Crippen molar-refractivity contribution in [1.82, 2.24) is 20.4 Å². The van der Waals surface area contributed by atoms with Crippen LogP contribution < -0.4 is 10.6 Å². The first kappa shape index (κ1) is 23.1. The van der Waals surface area contributed by atoms with Gasteiger partial charge >= 0.3 is 6.03 Å². The average Bonchev–Trinajstić information content (AvgIpc) is 2.80. The van der Waals surface area contributed by atoms with Crippen LogP contribution in [0.15, 0.2) is 30.3 Å². The number of hydrogen-bond acceptors (Lipinski definition) is 3. The highest BCUT2D eigenvalue weighted by Crippen LogP contribution is 2.24. The Kier molecular flexibility index (Phi) is 8.74. The van der Waals surface area contributed by atoms with Crippen LogP contribution in [-0.2, 0) is 16.1 Å². The number of benzene rings is 1. The molecule has 7 nitrogen and oxygen atoms in total. The number of rotatable bonds is 7. The van der Waals surface area contributed by atoms with Crippen molar-refractivity contribution in [2.24, 2.45) is 5.92 Å². The van der Waals surface area contributed by atoms with Crippen LogP contribution in [0.1, 0.15) is 56.9 Å². The molecule has 1 aliphatic heterocycles. The molecule has 1 saturated carbocycles. The molecule has 0 atom stereocenters. The largest absolute Gasteiger partial charge is 0.353 e. The maximum absolute atomic E-state index is 12.4. The number of nitrogens with zero attached hydrogens (tertiary/aromatic N) is 2. The van der Waals surface area contributed by atoms with Crippen molar-refractivity contribution in [2.45, 2.75) is 64.0 Å². The van der Waals surface area contributed by atoms with E-state index in [1.54, 1.807) is 16.8 Å². The van der Waals surface area contributed by atoms with Crippen LogP contribution in [0.25, 0.3) is 0 Å². The molecule has 1 aliphatic carbocycles. The van der Waals surface area contributed by atoms with Crippen LogP contribution in [0.4, 0.5) is 4.79 Å². The van der Waals surface area contributed by atoms with Crippen molar-refractivity contribution < 1.29 is 14.4 Å². The molecule has 1 aromatic carbocycles. The Morgan fingerprint density at radius 3 is 2.35 bits per heavy atom. The molecule has 0 aromatic heterocycles. The number of likely N-dealkylation sites (tertiary alicyclic amines) is 1. The molecule has 0 radical (unpaired) electrons. The van der Waals surface area contributed by atoms with Crippen molar-refractivity contribution in [3.8, 4) is 0 Å². The SMILES string of the molecule is CN(Cc1ccccc1)C(=O)CCNC(=O)N1CCC(NC(=O)C2CCCCC2)CC1. The van der Waals surface area contributed by atoms with E-state index in [0.717, 1.165) is 44.1 Å². The molecule has 1 saturated heterocycles. The standard InChI is InChI=1S/C24H36N4O3/c1-27(18-19-8-4-2-5-9-19)22(29)12-15-25-24(31)28-16-13-21(14-17-28)26-23(30)20-10-6-3-7-11-20/h2,4-5,8-9,20-21H,3,6-7,10-18H2,1H3,(H,25,31)(H,26,30). The van der Waals surface area contributed by atoms with Gasteiger partial charge in [0.1, 0.15) is 0 Å². The molecule has 2 fully saturated rings. The van der Waals surface area contributed by atoms with E-state index in [1.165, 1.54) is 6.42 Å². The molecular formula is C24H36N4O3. The summed E-state index contributed by atoms with van der Waals surface area (Å²) in [6.45, 7) is 2.15. The minimum absolute atomic E-state index is 0.00767. The number of hydrogen-bond donors (Lipinski definition) is 2. The highest BCUT2D eigenvalue weighted by molar-refractivity contribution is 5.79. The fourth-order valence-electron chi connectivity index (χ4n) is 4.44. The summed E-state index contributed by atoms with van der Waals surface area (Å²) in [6.07, 6.45) is 7.41. The number of carbonyl (C=O) groups excluding carboxylic acids is 3. The lowest BCUT2D eigenvalue weighted by Gasteiger charge is -2.33. The van der Waals surface area contributed by atoms with Crippen LogP contribution in [0, 0.1) is 5.92 Å². The van der Waals surface area contributed by atoms with E-state index >= 15 is 0 Å². The highest BCUT2D eigenvalue weighted by Gasteiger charge is 2.27. The fraction of sp³-hybridized carbons (Fsp3) is 0.625. The molecule has 0 bridgehead atoms. The average molecular weight is 429 g/mol. The van der Waals surface area contributed by atoms with Gasteiger partial charge in [0.25, 0.3) is 0 Å². The van der Waals surface area contributed by atoms with E-state index in [-0.39, 0.29) is 36.2 Å². The molecule has 170 valence electrons. The summed E-state index contributed by atoms with van der Waals surface area (Å²) in [5.41, 5.74) is 1.08. The third-order valence-electron chi connectivity index (χ3n) is 6.41. The zero-order valence-electron chi connectivity index (χ0n) is 18.6. The minimum Gasteiger partial charge on any atom is -0.353 e. The highest BCUT2D eigenvalue weighted by atomic mass is 16.2. The third kappa shape index (κ3) is 7.26. The number of amides is 4. The molecular weight excluding hydrogens is 392 g/mol. The molecule has 31 heavy (non-hydrogen) atoms. The minimum atomic E-state index is -0.129. The summed E-state index contributed by atoms with van der Waals surface area (Å²) < 4.78 is 0. The molecule has 0 unspecified atom stereocenters. The Hall–Kier alpha value is -2.57. The first-order chi connectivity index (χ1) is 15.0. The number of urea groups is 1. The Balaban J connectivity index is 1.30. The maximum Gasteiger partial charge on any atom is 0.317 e. The molecule has 3 rings (SSSR count). The van der Waals surface area contributed by atoms with Crippen molar-refractivity contribution in [3.63, 3.8) is 0 Å². The van der Waals surface area contributed by atoms with Crippen molar-refractivity contribution in [2.75, 3.05) is 26.7 Å². The lowest BCUT2D eigenvalue weighted by atomic mass is 9.88. The van der Waals surface area contributed by atoms with Gasteiger partial charge in [-0.1, -0.05) is 49.6 Å². The summed E-state index contributed by atoms with van der Waals surface area (Å²) in [5.74, 6) is 0.377. The van der Waals surface area contributed by atoms with Gasteiger partial charge in [0.15, 0.2) is 0 Å². The summed E-state index contributed by atoms with van der Waals surface area (Å²) in [4.78, 5) is 40.6. The molecule has 7 heteroatoms. The predicted octanol–water partition coefficient (Wildman–Crippen LogP) is 2.91. The zero-order chi connectivity index (χ0) is 22.1. The summed E-state index contributed by atoms with van der Waals surface area (Å²) >= 11 is 0. The Labute approximate surface area is 185 Å². The van der Waals surface area contributed by atoms with E-state index in [4.69, 9.17) is 0 Å². The summed E-state index contributed by atoms with van der Waals surface area (Å²) in [7, 11) is 1.78. The number of carbonyl (C=O) groups is 3. The predicted molar refractivity (Wildman–Crippen MR) is 120 cm³/mol. The quantitative estimate of drug-likeness (QED) is 0.701. The van der Waals surface area contributed by atoms with Crippen LogP contribution in [-0.4, -0.2) is 60.4 Å². The fourth-order valence-corrected chi connectivity index (χ4v) is 4.44. The first-order valence-corrected chi connectivity index (χ1v) is 11.6. The molecule has 1 heterocycles. The van der Waals surface area contributed by atoms with Gasteiger partial charge in [-0.25, -0.2) is 4.79 Å². The first-order valence-electron chi connectivity index (χ1n) is 11.6. The molecule has 1 aromatic rings. The lowest BCUT2D eigenvalue weighted by Crippen LogP contribution is -2.50. The molecule has 2 N–H and O–H groups in total. The van der Waals surface area contributed by atoms with Crippen molar-refractivity contribution >= 4 is 17.8 Å². The monoisotopic (exact) mass is 428 g/mol. The Morgan fingerprint density at radius 1 is 1.00 bits per heavy atom. The second-order valence-corrected chi connectivity index (χ2v) is 8.82. The van der Waals surface area contributed by atoms with Crippen molar-refractivity contribution in [1.29, 1.82) is 0 Å². The van der Waals surface area contributed by atoms with Crippen LogP contribution in [0.3, 0.4) is 0 Å². The topological polar surface area (TPSA) is 81.8 Å². The summed E-state index contributed by atoms with van der Waals surface area (Å²) in [6, 6.07) is 9.88. The van der Waals surface area contributed by atoms with Gasteiger partial charge in [0.05, 0.1) is 0 Å². The van der Waals surface area contributed by atoms with Gasteiger partial charge in [-0.3, -0.25) is 9.59 Å². The van der Waals surface area contributed by atoms with Gasteiger partial charge in [-0.15, -0.1) is 0 Å². The van der Waals surface area contributed by atoms with Gasteiger partial charge in [0, 0.05) is 51.6 Å². The Bertz CT molecular complexity index is 726. The van der Waals surface area contributed by atoms with Gasteiger partial charge in [-0.2, -0.15) is 0 Å². The van der Waals surface area contributed by atoms with E-state index in [9.17, 15) is 14.4 Å². The third-order valence-corrected chi connectivity index (χ3v) is 6.41.